The van der Waals surface area contributed by atoms with Crippen molar-refractivity contribution in [2.45, 2.75) is 0 Å². The Morgan fingerprint density at radius 3 is 2.74 bits per heavy atom. The normalized spacial score (nSPS) is 10.8. The maximum atomic E-state index is 9.55. The number of benzene rings is 2. The van der Waals surface area contributed by atoms with Gasteiger partial charge in [-0.05, 0) is 48.0 Å². The van der Waals surface area contributed by atoms with E-state index in [0.717, 1.165) is 22.6 Å². The number of anilines is 1. The van der Waals surface area contributed by atoms with Gasteiger partial charge in [-0.25, -0.2) is 4.98 Å². The van der Waals surface area contributed by atoms with Gasteiger partial charge in [0.05, 0.1) is 25.2 Å². The van der Waals surface area contributed by atoms with Gasteiger partial charge < -0.3 is 14.3 Å². The van der Waals surface area contributed by atoms with Gasteiger partial charge in [0.25, 0.3) is 0 Å². The summed E-state index contributed by atoms with van der Waals surface area (Å²) in [5, 5.41) is 13.7. The Bertz CT molecular complexity index is 796. The number of ether oxygens (including phenoxy) is 1. The second-order valence-corrected chi connectivity index (χ2v) is 4.74. The van der Waals surface area contributed by atoms with Crippen LogP contribution in [0, 0.1) is 0 Å². The predicted molar refractivity (Wildman–Crippen MR) is 87.8 cm³/mol. The molecule has 0 saturated carbocycles. The average molecular weight is 309 g/mol. The van der Waals surface area contributed by atoms with Crippen molar-refractivity contribution in [3.05, 3.63) is 60.6 Å². The van der Waals surface area contributed by atoms with Crippen LogP contribution in [0.5, 0.6) is 11.5 Å². The number of rotatable bonds is 5. The number of methoxy groups -OCH3 is 1. The van der Waals surface area contributed by atoms with E-state index in [1.807, 2.05) is 24.3 Å². The maximum absolute atomic E-state index is 9.55. The van der Waals surface area contributed by atoms with E-state index in [1.165, 1.54) is 13.5 Å². The zero-order valence-corrected chi connectivity index (χ0v) is 12.4. The molecule has 6 heteroatoms. The summed E-state index contributed by atoms with van der Waals surface area (Å²) in [6.45, 7) is 0. The van der Waals surface area contributed by atoms with Gasteiger partial charge in [0.15, 0.2) is 23.7 Å². The Labute approximate surface area is 133 Å². The van der Waals surface area contributed by atoms with Gasteiger partial charge in [-0.3, -0.25) is 5.43 Å². The van der Waals surface area contributed by atoms with Crippen molar-refractivity contribution in [2.24, 2.45) is 5.10 Å². The highest BCUT2D eigenvalue weighted by molar-refractivity contribution is 5.81. The Morgan fingerprint density at radius 1 is 1.22 bits per heavy atom. The van der Waals surface area contributed by atoms with E-state index in [9.17, 15) is 5.11 Å². The van der Waals surface area contributed by atoms with Crippen molar-refractivity contribution < 1.29 is 14.3 Å². The first-order valence-corrected chi connectivity index (χ1v) is 6.91. The summed E-state index contributed by atoms with van der Waals surface area (Å²) in [5.74, 6) is 1.22. The summed E-state index contributed by atoms with van der Waals surface area (Å²) in [7, 11) is 1.50. The van der Waals surface area contributed by atoms with Gasteiger partial charge >= 0.3 is 0 Å². The monoisotopic (exact) mass is 309 g/mol. The molecule has 2 aromatic carbocycles. The van der Waals surface area contributed by atoms with E-state index < -0.39 is 0 Å². The molecule has 0 atom stereocenters. The lowest BCUT2D eigenvalue weighted by molar-refractivity contribution is 0.373. The molecule has 0 amide bonds. The average Bonchev–Trinajstić information content (AvgIpc) is 3.11. The molecular formula is C17H15N3O3. The molecule has 6 nitrogen and oxygen atoms in total. The molecule has 0 radical (unpaired) electrons. The van der Waals surface area contributed by atoms with Crippen molar-refractivity contribution in [2.75, 3.05) is 12.5 Å². The smallest absolute Gasteiger partial charge is 0.181 e. The minimum atomic E-state index is 0.0978. The number of hydrogen-bond acceptors (Lipinski definition) is 6. The molecule has 0 spiro atoms. The second kappa shape index (κ2) is 6.65. The van der Waals surface area contributed by atoms with Crippen molar-refractivity contribution in [3.8, 4) is 22.8 Å². The zero-order valence-electron chi connectivity index (χ0n) is 12.4. The summed E-state index contributed by atoms with van der Waals surface area (Å²) >= 11 is 0. The Hall–Kier alpha value is -3.28. The SMILES string of the molecule is COc1cc(/C=N/Nc2ccc(-c3cnco3)cc2)ccc1O. The number of aromatic nitrogens is 1. The van der Waals surface area contributed by atoms with Gasteiger partial charge in [-0.2, -0.15) is 5.10 Å². The molecule has 0 bridgehead atoms. The number of phenolic OH excluding ortho intramolecular Hbond substituents is 1. The Kier molecular flexibility index (Phi) is 4.24. The third-order valence-corrected chi connectivity index (χ3v) is 3.21. The number of phenols is 1. The fraction of sp³-hybridized carbons (Fsp3) is 0.0588. The van der Waals surface area contributed by atoms with Gasteiger partial charge in [0.2, 0.25) is 0 Å². The summed E-state index contributed by atoms with van der Waals surface area (Å²) in [6.07, 6.45) is 4.71. The first-order chi connectivity index (χ1) is 11.3. The number of hydrogen-bond donors (Lipinski definition) is 2. The fourth-order valence-electron chi connectivity index (χ4n) is 2.02. The van der Waals surface area contributed by atoms with E-state index in [1.54, 1.807) is 30.6 Å². The van der Waals surface area contributed by atoms with Gasteiger partial charge in [0, 0.05) is 5.56 Å². The van der Waals surface area contributed by atoms with Gasteiger partial charge in [-0.1, -0.05) is 0 Å². The van der Waals surface area contributed by atoms with Crippen LogP contribution >= 0.6 is 0 Å². The predicted octanol–water partition coefficient (Wildman–Crippen LogP) is 3.50. The molecule has 0 aliphatic rings. The lowest BCUT2D eigenvalue weighted by Crippen LogP contribution is -1.91. The topological polar surface area (TPSA) is 79.9 Å². The number of oxazole rings is 1. The number of nitrogens with one attached hydrogen (secondary N) is 1. The summed E-state index contributed by atoms with van der Waals surface area (Å²) in [6, 6.07) is 12.6. The van der Waals surface area contributed by atoms with Crippen molar-refractivity contribution in [1.82, 2.24) is 4.98 Å². The minimum Gasteiger partial charge on any atom is -0.504 e. The summed E-state index contributed by atoms with van der Waals surface area (Å²) in [4.78, 5) is 3.89. The molecule has 3 rings (SSSR count). The molecule has 3 aromatic rings. The van der Waals surface area contributed by atoms with Crippen LogP contribution in [0.1, 0.15) is 5.56 Å². The summed E-state index contributed by atoms with van der Waals surface area (Å²) in [5.41, 5.74) is 5.54. The zero-order chi connectivity index (χ0) is 16.1. The lowest BCUT2D eigenvalue weighted by Gasteiger charge is -2.04. The molecule has 0 saturated heterocycles. The van der Waals surface area contributed by atoms with Gasteiger partial charge in [0.1, 0.15) is 0 Å². The molecular weight excluding hydrogens is 294 g/mol. The van der Waals surface area contributed by atoms with Crippen LogP contribution in [0.3, 0.4) is 0 Å². The molecule has 0 unspecified atom stereocenters. The third kappa shape index (κ3) is 3.49. The maximum Gasteiger partial charge on any atom is 0.181 e. The first kappa shape index (κ1) is 14.6. The van der Waals surface area contributed by atoms with Crippen molar-refractivity contribution >= 4 is 11.9 Å². The van der Waals surface area contributed by atoms with Crippen LogP contribution in [0.25, 0.3) is 11.3 Å². The molecule has 1 heterocycles. The van der Waals surface area contributed by atoms with Crippen LogP contribution < -0.4 is 10.2 Å². The van der Waals surface area contributed by atoms with Crippen LogP contribution in [-0.2, 0) is 0 Å². The van der Waals surface area contributed by atoms with Crippen LogP contribution in [0.15, 0.2) is 64.6 Å². The first-order valence-electron chi connectivity index (χ1n) is 6.91. The number of nitrogens with zero attached hydrogens (tertiary/aromatic N) is 2. The molecule has 0 aliphatic heterocycles. The quantitative estimate of drug-likeness (QED) is 0.557. The van der Waals surface area contributed by atoms with Crippen molar-refractivity contribution in [1.29, 1.82) is 0 Å². The molecule has 116 valence electrons. The van der Waals surface area contributed by atoms with E-state index in [0.29, 0.717) is 5.75 Å². The number of aromatic hydroxyl groups is 1. The van der Waals surface area contributed by atoms with Crippen molar-refractivity contribution in [3.63, 3.8) is 0 Å². The molecule has 2 N–H and O–H groups in total. The molecule has 1 aromatic heterocycles. The highest BCUT2D eigenvalue weighted by Crippen LogP contribution is 2.25. The summed E-state index contributed by atoms with van der Waals surface area (Å²) < 4.78 is 10.3. The molecule has 0 aliphatic carbocycles. The second-order valence-electron chi connectivity index (χ2n) is 4.74. The Balaban J connectivity index is 1.66. The highest BCUT2D eigenvalue weighted by atomic mass is 16.5. The third-order valence-electron chi connectivity index (χ3n) is 3.21. The van der Waals surface area contributed by atoms with Crippen LogP contribution in [0.2, 0.25) is 0 Å². The molecule has 23 heavy (non-hydrogen) atoms. The van der Waals surface area contributed by atoms with E-state index in [4.69, 9.17) is 9.15 Å². The minimum absolute atomic E-state index is 0.0978. The van der Waals surface area contributed by atoms with E-state index >= 15 is 0 Å². The van der Waals surface area contributed by atoms with E-state index in [2.05, 4.69) is 15.5 Å². The number of hydrazone groups is 1. The van der Waals surface area contributed by atoms with E-state index in [-0.39, 0.29) is 5.75 Å². The standard InChI is InChI=1S/C17H15N3O3/c1-22-16-8-12(2-7-15(16)21)9-19-20-14-5-3-13(4-6-14)17-10-18-11-23-17/h2-11,20-21H,1H3/b19-9+. The van der Waals surface area contributed by atoms with Gasteiger partial charge in [-0.15, -0.1) is 0 Å². The van der Waals surface area contributed by atoms with Crippen LogP contribution in [-0.4, -0.2) is 23.4 Å². The highest BCUT2D eigenvalue weighted by Gasteiger charge is 2.02. The molecule has 0 fully saturated rings. The largest absolute Gasteiger partial charge is 0.504 e. The van der Waals surface area contributed by atoms with Crippen LogP contribution in [0.4, 0.5) is 5.69 Å². The fourth-order valence-corrected chi connectivity index (χ4v) is 2.02. The lowest BCUT2D eigenvalue weighted by atomic mass is 10.2. The Morgan fingerprint density at radius 2 is 2.04 bits per heavy atom.